The molecule has 2 rings (SSSR count). The largest absolute Gasteiger partial charge is 0.342 e. The summed E-state index contributed by atoms with van der Waals surface area (Å²) in [5.74, 6) is 1.77. The van der Waals surface area contributed by atoms with Crippen molar-refractivity contribution >= 4 is 5.91 Å². The Balaban J connectivity index is 2.02. The van der Waals surface area contributed by atoms with Crippen LogP contribution in [0.5, 0.6) is 0 Å². The van der Waals surface area contributed by atoms with Crippen LogP contribution in [0.3, 0.4) is 0 Å². The Morgan fingerprint density at radius 2 is 1.90 bits per heavy atom. The molecule has 1 fully saturated rings. The minimum absolute atomic E-state index is 0.334. The highest BCUT2D eigenvalue weighted by molar-refractivity contribution is 5.81. The van der Waals surface area contributed by atoms with Gasteiger partial charge in [0, 0.05) is 19.0 Å². The number of hydrogen-bond acceptors (Lipinski definition) is 1. The van der Waals surface area contributed by atoms with Crippen LogP contribution in [0.15, 0.2) is 30.3 Å². The zero-order valence-corrected chi connectivity index (χ0v) is 13.7. The third kappa shape index (κ3) is 4.33. The second kappa shape index (κ2) is 7.63. The van der Waals surface area contributed by atoms with E-state index in [0.717, 1.165) is 38.8 Å². The van der Waals surface area contributed by atoms with Crippen LogP contribution in [0.1, 0.15) is 57.9 Å². The van der Waals surface area contributed by atoms with E-state index in [4.69, 9.17) is 0 Å². The van der Waals surface area contributed by atoms with Crippen molar-refractivity contribution in [2.45, 2.75) is 52.4 Å². The monoisotopic (exact) mass is 287 g/mol. The van der Waals surface area contributed by atoms with Crippen molar-refractivity contribution in [1.82, 2.24) is 4.90 Å². The number of amides is 1. The fourth-order valence-electron chi connectivity index (χ4n) is 3.29. The van der Waals surface area contributed by atoms with Crippen LogP contribution in [0.2, 0.25) is 0 Å². The maximum absolute atomic E-state index is 12.4. The molecular formula is C19H29NO. The first-order valence-corrected chi connectivity index (χ1v) is 8.51. The number of rotatable bonds is 8. The predicted molar refractivity (Wildman–Crippen MR) is 88.2 cm³/mol. The first kappa shape index (κ1) is 16.1. The minimum atomic E-state index is 0.334. The van der Waals surface area contributed by atoms with Gasteiger partial charge in [0.1, 0.15) is 0 Å². The molecule has 0 aliphatic heterocycles. The molecule has 0 radical (unpaired) electrons. The van der Waals surface area contributed by atoms with Crippen LogP contribution in [-0.4, -0.2) is 23.9 Å². The predicted octanol–water partition coefficient (Wildman–Crippen LogP) is 4.46. The van der Waals surface area contributed by atoms with Crippen LogP contribution >= 0.6 is 0 Å². The highest BCUT2D eigenvalue weighted by atomic mass is 16.2. The van der Waals surface area contributed by atoms with Gasteiger partial charge in [-0.15, -0.1) is 0 Å². The lowest BCUT2D eigenvalue weighted by atomic mass is 9.85. The van der Waals surface area contributed by atoms with Gasteiger partial charge >= 0.3 is 0 Å². The molecule has 2 heteroatoms. The maximum Gasteiger partial charge on any atom is 0.225 e. The van der Waals surface area contributed by atoms with E-state index in [1.165, 1.54) is 5.56 Å². The van der Waals surface area contributed by atoms with Crippen molar-refractivity contribution in [3.05, 3.63) is 35.9 Å². The van der Waals surface area contributed by atoms with Crippen molar-refractivity contribution < 1.29 is 4.79 Å². The third-order valence-electron chi connectivity index (χ3n) is 4.59. The maximum atomic E-state index is 12.4. The molecular weight excluding hydrogens is 258 g/mol. The van der Waals surface area contributed by atoms with Crippen molar-refractivity contribution in [1.29, 1.82) is 0 Å². The molecule has 2 nitrogen and oxygen atoms in total. The second-order valence-corrected chi connectivity index (χ2v) is 6.46. The van der Waals surface area contributed by atoms with Gasteiger partial charge in [0.15, 0.2) is 0 Å². The molecule has 1 aromatic carbocycles. The summed E-state index contributed by atoms with van der Waals surface area (Å²) >= 11 is 0. The molecule has 0 saturated heterocycles. The van der Waals surface area contributed by atoms with Gasteiger partial charge < -0.3 is 4.90 Å². The van der Waals surface area contributed by atoms with Crippen LogP contribution < -0.4 is 0 Å². The molecule has 1 aromatic rings. The molecule has 1 aliphatic rings. The average Bonchev–Trinajstić information content (AvgIpc) is 3.32. The summed E-state index contributed by atoms with van der Waals surface area (Å²) in [5, 5.41) is 0. The topological polar surface area (TPSA) is 20.3 Å². The fraction of sp³-hybridized carbons (Fsp3) is 0.632. The number of nitrogens with zero attached hydrogens (tertiary/aromatic N) is 1. The Labute approximate surface area is 129 Å². The summed E-state index contributed by atoms with van der Waals surface area (Å²) in [4.78, 5) is 14.5. The normalized spacial score (nSPS) is 17.3. The van der Waals surface area contributed by atoms with E-state index in [1.807, 2.05) is 0 Å². The lowest BCUT2D eigenvalue weighted by Crippen LogP contribution is -2.37. The van der Waals surface area contributed by atoms with Crippen molar-refractivity contribution in [2.24, 2.45) is 11.8 Å². The van der Waals surface area contributed by atoms with E-state index in [9.17, 15) is 4.79 Å². The SMILES string of the molecule is CCCN(CC(C)C(CC)c1ccccc1)C(=O)C1CC1. The molecule has 0 aromatic heterocycles. The zero-order valence-electron chi connectivity index (χ0n) is 13.7. The smallest absolute Gasteiger partial charge is 0.225 e. The number of benzene rings is 1. The van der Waals surface area contributed by atoms with Crippen LogP contribution in [0.25, 0.3) is 0 Å². The molecule has 1 saturated carbocycles. The number of carbonyl (C=O) groups excluding carboxylic acids is 1. The zero-order chi connectivity index (χ0) is 15.2. The molecule has 0 N–H and O–H groups in total. The van der Waals surface area contributed by atoms with Crippen molar-refractivity contribution in [3.8, 4) is 0 Å². The lowest BCUT2D eigenvalue weighted by molar-refractivity contribution is -0.133. The molecule has 1 amide bonds. The van der Waals surface area contributed by atoms with Crippen molar-refractivity contribution in [2.75, 3.05) is 13.1 Å². The summed E-state index contributed by atoms with van der Waals surface area (Å²) in [5.41, 5.74) is 1.41. The van der Waals surface area contributed by atoms with Gasteiger partial charge in [0.05, 0.1) is 0 Å². The third-order valence-corrected chi connectivity index (χ3v) is 4.59. The first-order chi connectivity index (χ1) is 10.2. The van der Waals surface area contributed by atoms with Crippen molar-refractivity contribution in [3.63, 3.8) is 0 Å². The highest BCUT2D eigenvalue weighted by Crippen LogP contribution is 2.33. The lowest BCUT2D eigenvalue weighted by Gasteiger charge is -2.30. The summed E-state index contributed by atoms with van der Waals surface area (Å²) in [6, 6.07) is 10.7. The standard InChI is InChI=1S/C19H29NO/c1-4-13-20(19(21)17-11-12-17)14-15(3)18(5-2)16-9-7-6-8-10-16/h6-10,15,17-18H,4-5,11-14H2,1-3H3. The van der Waals surface area contributed by atoms with Gasteiger partial charge in [-0.3, -0.25) is 4.79 Å². The van der Waals surface area contributed by atoms with Gasteiger partial charge in [0.2, 0.25) is 5.91 Å². The molecule has 0 bridgehead atoms. The molecule has 0 spiro atoms. The Morgan fingerprint density at radius 1 is 1.24 bits per heavy atom. The highest BCUT2D eigenvalue weighted by Gasteiger charge is 2.34. The minimum Gasteiger partial charge on any atom is -0.342 e. The average molecular weight is 287 g/mol. The van der Waals surface area contributed by atoms with Crippen LogP contribution in [0, 0.1) is 11.8 Å². The molecule has 2 atom stereocenters. The van der Waals surface area contributed by atoms with Gasteiger partial charge in [-0.05, 0) is 43.1 Å². The fourth-order valence-corrected chi connectivity index (χ4v) is 3.29. The van der Waals surface area contributed by atoms with E-state index in [1.54, 1.807) is 0 Å². The molecule has 116 valence electrons. The molecule has 1 aliphatic carbocycles. The Hall–Kier alpha value is -1.31. The van der Waals surface area contributed by atoms with E-state index in [2.05, 4.69) is 56.0 Å². The summed E-state index contributed by atoms with van der Waals surface area (Å²) < 4.78 is 0. The quantitative estimate of drug-likeness (QED) is 0.691. The van der Waals surface area contributed by atoms with Gasteiger partial charge in [0.25, 0.3) is 0 Å². The van der Waals surface area contributed by atoms with Gasteiger partial charge in [-0.25, -0.2) is 0 Å². The van der Waals surface area contributed by atoms with E-state index >= 15 is 0 Å². The summed E-state index contributed by atoms with van der Waals surface area (Å²) in [7, 11) is 0. The summed E-state index contributed by atoms with van der Waals surface area (Å²) in [6.45, 7) is 8.51. The number of carbonyl (C=O) groups is 1. The second-order valence-electron chi connectivity index (χ2n) is 6.46. The van der Waals surface area contributed by atoms with E-state index in [-0.39, 0.29) is 0 Å². The van der Waals surface area contributed by atoms with E-state index < -0.39 is 0 Å². The van der Waals surface area contributed by atoms with Gasteiger partial charge in [-0.1, -0.05) is 51.1 Å². The Kier molecular flexibility index (Phi) is 5.84. The van der Waals surface area contributed by atoms with Gasteiger partial charge in [-0.2, -0.15) is 0 Å². The van der Waals surface area contributed by atoms with Crippen LogP contribution in [-0.2, 0) is 4.79 Å². The summed E-state index contributed by atoms with van der Waals surface area (Å²) in [6.07, 6.45) is 4.38. The first-order valence-electron chi connectivity index (χ1n) is 8.51. The Morgan fingerprint density at radius 3 is 2.43 bits per heavy atom. The molecule has 2 unspecified atom stereocenters. The number of hydrogen-bond donors (Lipinski definition) is 0. The molecule has 0 heterocycles. The molecule has 21 heavy (non-hydrogen) atoms. The van der Waals surface area contributed by atoms with Crippen LogP contribution in [0.4, 0.5) is 0 Å². The van der Waals surface area contributed by atoms with E-state index in [0.29, 0.717) is 23.7 Å². The Bertz CT molecular complexity index is 438.